The van der Waals surface area contributed by atoms with E-state index in [1.165, 1.54) is 30.3 Å². The number of nitrogens with one attached hydrogen (secondary N) is 1. The predicted molar refractivity (Wildman–Crippen MR) is 74.8 cm³/mol. The Balaban J connectivity index is 1.96. The lowest BCUT2D eigenvalue weighted by Crippen LogP contribution is -2.37. The van der Waals surface area contributed by atoms with Gasteiger partial charge in [0.15, 0.2) is 0 Å². The molecule has 4 N–H and O–H groups in total. The summed E-state index contributed by atoms with van der Waals surface area (Å²) in [5.74, 6) is -0.648. The number of carbonyl (C=O) groups is 1. The maximum Gasteiger partial charge on any atom is 0.241 e. The second kappa shape index (κ2) is 6.16. The highest BCUT2D eigenvalue weighted by Crippen LogP contribution is 2.12. The van der Waals surface area contributed by atoms with Gasteiger partial charge in [-0.25, -0.2) is 4.39 Å². The van der Waals surface area contributed by atoms with Gasteiger partial charge in [-0.3, -0.25) is 4.79 Å². The standard InChI is InChI=1S/C15H15FN2O2/c16-11-2-1-3-12(9-11)18-15(20)14(17)8-10-4-6-13(19)7-5-10/h1-7,9,14,19H,8,17H2,(H,18,20). The summed E-state index contributed by atoms with van der Waals surface area (Å²) in [4.78, 5) is 11.9. The normalized spacial score (nSPS) is 11.9. The molecular weight excluding hydrogens is 259 g/mol. The van der Waals surface area contributed by atoms with Crippen LogP contribution in [0.1, 0.15) is 5.56 Å². The minimum Gasteiger partial charge on any atom is -0.508 e. The second-order valence-corrected chi connectivity index (χ2v) is 4.48. The summed E-state index contributed by atoms with van der Waals surface area (Å²) in [6.45, 7) is 0. The Kier molecular flexibility index (Phi) is 4.32. The van der Waals surface area contributed by atoms with E-state index >= 15 is 0 Å². The van der Waals surface area contributed by atoms with Gasteiger partial charge >= 0.3 is 0 Å². The van der Waals surface area contributed by atoms with Gasteiger partial charge in [0, 0.05) is 5.69 Å². The van der Waals surface area contributed by atoms with Gasteiger partial charge in [0.2, 0.25) is 5.91 Å². The van der Waals surface area contributed by atoms with Crippen LogP contribution >= 0.6 is 0 Å². The van der Waals surface area contributed by atoms with Crippen LogP contribution in [0.3, 0.4) is 0 Å². The Labute approximate surface area is 116 Å². The SMILES string of the molecule is NC(Cc1ccc(O)cc1)C(=O)Nc1cccc(F)c1. The molecule has 2 aromatic rings. The van der Waals surface area contributed by atoms with E-state index in [0.717, 1.165) is 5.56 Å². The molecule has 0 saturated heterocycles. The van der Waals surface area contributed by atoms with E-state index in [9.17, 15) is 14.3 Å². The lowest BCUT2D eigenvalue weighted by molar-refractivity contribution is -0.117. The number of halogens is 1. The Hall–Kier alpha value is -2.40. The number of phenolic OH excluding ortho intramolecular Hbond substituents is 1. The number of hydrogen-bond donors (Lipinski definition) is 3. The number of rotatable bonds is 4. The van der Waals surface area contributed by atoms with Crippen molar-refractivity contribution in [2.75, 3.05) is 5.32 Å². The third-order valence-electron chi connectivity index (χ3n) is 2.82. The molecule has 0 heterocycles. The molecule has 104 valence electrons. The van der Waals surface area contributed by atoms with Crippen molar-refractivity contribution in [1.29, 1.82) is 0 Å². The molecule has 1 atom stereocenters. The lowest BCUT2D eigenvalue weighted by Gasteiger charge is -2.12. The van der Waals surface area contributed by atoms with Crippen molar-refractivity contribution >= 4 is 11.6 Å². The molecule has 2 aromatic carbocycles. The number of phenols is 1. The number of amides is 1. The fourth-order valence-corrected chi connectivity index (χ4v) is 1.78. The summed E-state index contributed by atoms with van der Waals surface area (Å²) in [7, 11) is 0. The molecular formula is C15H15FN2O2. The first kappa shape index (κ1) is 14.0. The third kappa shape index (κ3) is 3.80. The largest absolute Gasteiger partial charge is 0.508 e. The highest BCUT2D eigenvalue weighted by atomic mass is 19.1. The van der Waals surface area contributed by atoms with Gasteiger partial charge in [-0.15, -0.1) is 0 Å². The molecule has 0 spiro atoms. The first-order chi connectivity index (χ1) is 9.54. The lowest BCUT2D eigenvalue weighted by atomic mass is 10.1. The van der Waals surface area contributed by atoms with Gasteiger partial charge in [-0.1, -0.05) is 18.2 Å². The molecule has 0 bridgehead atoms. The Morgan fingerprint density at radius 1 is 1.25 bits per heavy atom. The van der Waals surface area contributed by atoms with Crippen LogP contribution in [0.2, 0.25) is 0 Å². The Bertz CT molecular complexity index is 599. The van der Waals surface area contributed by atoms with Crippen molar-refractivity contribution in [2.45, 2.75) is 12.5 Å². The van der Waals surface area contributed by atoms with Gasteiger partial charge in [0.1, 0.15) is 11.6 Å². The second-order valence-electron chi connectivity index (χ2n) is 4.48. The van der Waals surface area contributed by atoms with E-state index in [0.29, 0.717) is 12.1 Å². The fourth-order valence-electron chi connectivity index (χ4n) is 1.78. The number of benzene rings is 2. The Morgan fingerprint density at radius 3 is 2.60 bits per heavy atom. The highest BCUT2D eigenvalue weighted by molar-refractivity contribution is 5.94. The summed E-state index contributed by atoms with van der Waals surface area (Å²) in [5, 5.41) is 11.7. The number of carbonyl (C=O) groups excluding carboxylic acids is 1. The zero-order chi connectivity index (χ0) is 14.5. The molecule has 0 aliphatic rings. The molecule has 0 aliphatic carbocycles. The average molecular weight is 274 g/mol. The first-order valence-corrected chi connectivity index (χ1v) is 6.14. The quantitative estimate of drug-likeness (QED) is 0.798. The number of nitrogens with two attached hydrogens (primary N) is 1. The van der Waals surface area contributed by atoms with Crippen molar-refractivity contribution in [3.8, 4) is 5.75 Å². The molecule has 20 heavy (non-hydrogen) atoms. The van der Waals surface area contributed by atoms with Crippen LogP contribution in [0.5, 0.6) is 5.75 Å². The monoisotopic (exact) mass is 274 g/mol. The number of hydrogen-bond acceptors (Lipinski definition) is 3. The molecule has 0 saturated carbocycles. The summed E-state index contributed by atoms with van der Waals surface area (Å²) < 4.78 is 13.0. The number of aromatic hydroxyl groups is 1. The smallest absolute Gasteiger partial charge is 0.241 e. The topological polar surface area (TPSA) is 75.3 Å². The molecule has 0 fully saturated rings. The average Bonchev–Trinajstić information content (AvgIpc) is 2.41. The zero-order valence-electron chi connectivity index (χ0n) is 10.7. The maximum atomic E-state index is 13.0. The van der Waals surface area contributed by atoms with Crippen molar-refractivity contribution in [3.63, 3.8) is 0 Å². The zero-order valence-corrected chi connectivity index (χ0v) is 10.7. The van der Waals surface area contributed by atoms with Crippen LogP contribution in [-0.4, -0.2) is 17.1 Å². The number of anilines is 1. The van der Waals surface area contributed by atoms with E-state index in [1.807, 2.05) is 0 Å². The summed E-state index contributed by atoms with van der Waals surface area (Å²) in [6, 6.07) is 11.3. The molecule has 0 radical (unpaired) electrons. The van der Waals surface area contributed by atoms with Crippen molar-refractivity contribution in [1.82, 2.24) is 0 Å². The minimum atomic E-state index is -0.747. The van der Waals surface area contributed by atoms with Gasteiger partial charge in [-0.05, 0) is 42.3 Å². The molecule has 1 amide bonds. The summed E-state index contributed by atoms with van der Waals surface area (Å²) >= 11 is 0. The van der Waals surface area contributed by atoms with Crippen LogP contribution in [0.25, 0.3) is 0 Å². The van der Waals surface area contributed by atoms with Crippen LogP contribution in [0.15, 0.2) is 48.5 Å². The highest BCUT2D eigenvalue weighted by Gasteiger charge is 2.14. The molecule has 2 rings (SSSR count). The predicted octanol–water partition coefficient (Wildman–Crippen LogP) is 2.04. The maximum absolute atomic E-state index is 13.0. The molecule has 1 unspecified atom stereocenters. The molecule has 0 aliphatic heterocycles. The molecule has 5 heteroatoms. The fraction of sp³-hybridized carbons (Fsp3) is 0.133. The van der Waals surface area contributed by atoms with Crippen LogP contribution in [0, 0.1) is 5.82 Å². The van der Waals surface area contributed by atoms with Gasteiger partial charge in [0.25, 0.3) is 0 Å². The van der Waals surface area contributed by atoms with Gasteiger partial charge in [0.05, 0.1) is 6.04 Å². The van der Waals surface area contributed by atoms with E-state index in [-0.39, 0.29) is 11.7 Å². The van der Waals surface area contributed by atoms with E-state index in [1.54, 1.807) is 18.2 Å². The van der Waals surface area contributed by atoms with Crippen molar-refractivity contribution < 1.29 is 14.3 Å². The van der Waals surface area contributed by atoms with Gasteiger partial charge < -0.3 is 16.2 Å². The van der Waals surface area contributed by atoms with Crippen LogP contribution < -0.4 is 11.1 Å². The third-order valence-corrected chi connectivity index (χ3v) is 2.82. The van der Waals surface area contributed by atoms with Crippen molar-refractivity contribution in [3.05, 3.63) is 59.9 Å². The van der Waals surface area contributed by atoms with E-state index in [4.69, 9.17) is 5.73 Å². The van der Waals surface area contributed by atoms with Crippen LogP contribution in [-0.2, 0) is 11.2 Å². The summed E-state index contributed by atoms with van der Waals surface area (Å²) in [6.07, 6.45) is 0.335. The van der Waals surface area contributed by atoms with Crippen LogP contribution in [0.4, 0.5) is 10.1 Å². The summed E-state index contributed by atoms with van der Waals surface area (Å²) in [5.41, 5.74) is 7.01. The minimum absolute atomic E-state index is 0.159. The van der Waals surface area contributed by atoms with Crippen molar-refractivity contribution in [2.24, 2.45) is 5.73 Å². The molecule has 4 nitrogen and oxygen atoms in total. The Morgan fingerprint density at radius 2 is 1.95 bits per heavy atom. The van der Waals surface area contributed by atoms with E-state index < -0.39 is 11.9 Å². The first-order valence-electron chi connectivity index (χ1n) is 6.14. The molecule has 0 aromatic heterocycles. The van der Waals surface area contributed by atoms with Gasteiger partial charge in [-0.2, -0.15) is 0 Å². The van der Waals surface area contributed by atoms with E-state index in [2.05, 4.69) is 5.32 Å².